The molecule has 0 bridgehead atoms. The van der Waals surface area contributed by atoms with Crippen LogP contribution in [0.3, 0.4) is 0 Å². The van der Waals surface area contributed by atoms with Gasteiger partial charge in [0.1, 0.15) is 11.6 Å². The van der Waals surface area contributed by atoms with E-state index >= 15 is 0 Å². The van der Waals surface area contributed by atoms with Crippen molar-refractivity contribution in [2.45, 2.75) is 19.0 Å². The Balaban J connectivity index is 2.09. The lowest BCUT2D eigenvalue weighted by atomic mass is 9.96. The minimum absolute atomic E-state index is 0.0810. The smallest absolute Gasteiger partial charge is 0.339 e. The van der Waals surface area contributed by atoms with E-state index < -0.39 is 29.6 Å². The summed E-state index contributed by atoms with van der Waals surface area (Å²) in [7, 11) is 0. The van der Waals surface area contributed by atoms with Crippen molar-refractivity contribution >= 4 is 21.8 Å². The standard InChI is InChI=1S/C13H11BrF5NO/c14-11-9(15)5-7(6-10(11)16)12(21)20-3-1-8(2-4-20)13(17,18)19/h5-6,8H,1-4H2. The highest BCUT2D eigenvalue weighted by molar-refractivity contribution is 9.10. The summed E-state index contributed by atoms with van der Waals surface area (Å²) in [6, 6.07) is 1.73. The molecule has 1 aromatic carbocycles. The van der Waals surface area contributed by atoms with Crippen LogP contribution < -0.4 is 0 Å². The molecule has 2 rings (SSSR count). The van der Waals surface area contributed by atoms with Crippen LogP contribution in [0.15, 0.2) is 16.6 Å². The molecule has 1 fully saturated rings. The highest BCUT2D eigenvalue weighted by Gasteiger charge is 2.41. The van der Waals surface area contributed by atoms with Crippen molar-refractivity contribution in [3.63, 3.8) is 0 Å². The summed E-state index contributed by atoms with van der Waals surface area (Å²) in [4.78, 5) is 13.3. The fourth-order valence-electron chi connectivity index (χ4n) is 2.27. The number of halogens is 6. The lowest BCUT2D eigenvalue weighted by Gasteiger charge is -2.33. The molecule has 0 spiro atoms. The molecule has 1 heterocycles. The quantitative estimate of drug-likeness (QED) is 0.536. The van der Waals surface area contributed by atoms with Crippen LogP contribution in [0.1, 0.15) is 23.2 Å². The van der Waals surface area contributed by atoms with Crippen molar-refractivity contribution < 1.29 is 26.7 Å². The fraction of sp³-hybridized carbons (Fsp3) is 0.462. The maximum absolute atomic E-state index is 13.4. The molecule has 1 amide bonds. The van der Waals surface area contributed by atoms with E-state index in [1.165, 1.54) is 4.90 Å². The normalized spacial score (nSPS) is 17.1. The van der Waals surface area contributed by atoms with Crippen LogP contribution in [0.25, 0.3) is 0 Å². The van der Waals surface area contributed by atoms with Crippen molar-refractivity contribution in [1.29, 1.82) is 0 Å². The number of benzene rings is 1. The summed E-state index contributed by atoms with van der Waals surface area (Å²) in [5.74, 6) is -3.95. The SMILES string of the molecule is O=C(c1cc(F)c(Br)c(F)c1)N1CCC(C(F)(F)F)CC1. The minimum atomic E-state index is -4.27. The summed E-state index contributed by atoms with van der Waals surface area (Å²) in [5.41, 5.74) is -0.210. The monoisotopic (exact) mass is 371 g/mol. The van der Waals surface area contributed by atoms with Crippen LogP contribution in [0.4, 0.5) is 22.0 Å². The van der Waals surface area contributed by atoms with Gasteiger partial charge in [-0.2, -0.15) is 13.2 Å². The number of amides is 1. The molecule has 8 heteroatoms. The number of alkyl halides is 3. The molecule has 2 nitrogen and oxygen atoms in total. The molecule has 0 atom stereocenters. The number of carbonyl (C=O) groups is 1. The van der Waals surface area contributed by atoms with E-state index in [-0.39, 0.29) is 36.0 Å². The Morgan fingerprint density at radius 3 is 2.05 bits per heavy atom. The number of piperidine rings is 1. The first-order valence-electron chi connectivity index (χ1n) is 6.20. The zero-order chi connectivity index (χ0) is 15.8. The second kappa shape index (κ2) is 5.90. The first-order chi connectivity index (χ1) is 9.70. The average Bonchev–Trinajstić information content (AvgIpc) is 2.42. The molecule has 0 unspecified atom stereocenters. The summed E-state index contributed by atoms with van der Waals surface area (Å²) in [6.45, 7) is -0.162. The van der Waals surface area contributed by atoms with Gasteiger partial charge in [-0.3, -0.25) is 4.79 Å². The molecule has 116 valence electrons. The summed E-state index contributed by atoms with van der Waals surface area (Å²) in [5, 5.41) is 0. The van der Waals surface area contributed by atoms with Gasteiger partial charge in [-0.15, -0.1) is 0 Å². The van der Waals surface area contributed by atoms with Crippen LogP contribution in [0.2, 0.25) is 0 Å². The van der Waals surface area contributed by atoms with E-state index in [0.29, 0.717) is 0 Å². The van der Waals surface area contributed by atoms with E-state index in [9.17, 15) is 26.7 Å². The molecule has 0 N–H and O–H groups in total. The van der Waals surface area contributed by atoms with Gasteiger partial charge in [-0.05, 0) is 40.9 Å². The van der Waals surface area contributed by atoms with Crippen molar-refractivity contribution in [1.82, 2.24) is 4.90 Å². The van der Waals surface area contributed by atoms with Crippen molar-refractivity contribution in [2.75, 3.05) is 13.1 Å². The van der Waals surface area contributed by atoms with Gasteiger partial charge >= 0.3 is 6.18 Å². The molecule has 0 radical (unpaired) electrons. The topological polar surface area (TPSA) is 20.3 Å². The van der Waals surface area contributed by atoms with Crippen molar-refractivity contribution in [3.8, 4) is 0 Å². The van der Waals surface area contributed by atoms with Gasteiger partial charge in [0.25, 0.3) is 5.91 Å². The first kappa shape index (κ1) is 16.2. The fourth-order valence-corrected chi connectivity index (χ4v) is 2.50. The summed E-state index contributed by atoms with van der Waals surface area (Å²) < 4.78 is 64.0. The number of carbonyl (C=O) groups excluding carboxylic acids is 1. The Labute approximate surface area is 126 Å². The van der Waals surface area contributed by atoms with Crippen LogP contribution in [0, 0.1) is 17.6 Å². The van der Waals surface area contributed by atoms with E-state index in [2.05, 4.69) is 15.9 Å². The highest BCUT2D eigenvalue weighted by Crippen LogP contribution is 2.34. The summed E-state index contributed by atoms with van der Waals surface area (Å²) in [6.07, 6.45) is -4.67. The van der Waals surface area contributed by atoms with Gasteiger partial charge in [0.05, 0.1) is 10.4 Å². The zero-order valence-electron chi connectivity index (χ0n) is 10.7. The minimum Gasteiger partial charge on any atom is -0.339 e. The molecular weight excluding hydrogens is 361 g/mol. The van der Waals surface area contributed by atoms with Gasteiger partial charge in [0.15, 0.2) is 0 Å². The number of nitrogens with zero attached hydrogens (tertiary/aromatic N) is 1. The molecule has 0 saturated carbocycles. The third-order valence-corrected chi connectivity index (χ3v) is 4.23. The van der Waals surface area contributed by atoms with E-state index in [1.807, 2.05) is 0 Å². The first-order valence-corrected chi connectivity index (χ1v) is 7.00. The number of hydrogen-bond donors (Lipinski definition) is 0. The molecular formula is C13H11BrF5NO. The van der Waals surface area contributed by atoms with Crippen LogP contribution in [-0.4, -0.2) is 30.1 Å². The van der Waals surface area contributed by atoms with E-state index in [0.717, 1.165) is 12.1 Å². The Hall–Kier alpha value is -1.18. The van der Waals surface area contributed by atoms with Gasteiger partial charge in [-0.1, -0.05) is 0 Å². The van der Waals surface area contributed by atoms with Gasteiger partial charge in [0.2, 0.25) is 0 Å². The Morgan fingerprint density at radius 2 is 1.62 bits per heavy atom. The Kier molecular flexibility index (Phi) is 4.55. The predicted molar refractivity (Wildman–Crippen MR) is 68.7 cm³/mol. The second-order valence-electron chi connectivity index (χ2n) is 4.86. The second-order valence-corrected chi connectivity index (χ2v) is 5.65. The highest BCUT2D eigenvalue weighted by atomic mass is 79.9. The third-order valence-electron chi connectivity index (χ3n) is 3.48. The van der Waals surface area contributed by atoms with E-state index in [4.69, 9.17) is 0 Å². The van der Waals surface area contributed by atoms with Gasteiger partial charge in [-0.25, -0.2) is 8.78 Å². The zero-order valence-corrected chi connectivity index (χ0v) is 12.3. The molecule has 0 aromatic heterocycles. The Bertz CT molecular complexity index is 529. The van der Waals surface area contributed by atoms with Crippen molar-refractivity contribution in [3.05, 3.63) is 33.8 Å². The van der Waals surface area contributed by atoms with Crippen LogP contribution in [-0.2, 0) is 0 Å². The molecule has 1 aliphatic rings. The van der Waals surface area contributed by atoms with Gasteiger partial charge < -0.3 is 4.90 Å². The van der Waals surface area contributed by atoms with Crippen LogP contribution in [0.5, 0.6) is 0 Å². The average molecular weight is 372 g/mol. The van der Waals surface area contributed by atoms with Gasteiger partial charge in [0, 0.05) is 18.7 Å². The molecule has 21 heavy (non-hydrogen) atoms. The molecule has 1 saturated heterocycles. The molecule has 1 aromatic rings. The molecule has 1 aliphatic heterocycles. The third kappa shape index (κ3) is 3.53. The van der Waals surface area contributed by atoms with Crippen molar-refractivity contribution in [2.24, 2.45) is 5.92 Å². The number of hydrogen-bond acceptors (Lipinski definition) is 1. The lowest BCUT2D eigenvalue weighted by molar-refractivity contribution is -0.183. The van der Waals surface area contributed by atoms with Crippen LogP contribution >= 0.6 is 15.9 Å². The molecule has 0 aliphatic carbocycles. The largest absolute Gasteiger partial charge is 0.391 e. The van der Waals surface area contributed by atoms with E-state index in [1.54, 1.807) is 0 Å². The lowest BCUT2D eigenvalue weighted by Crippen LogP contribution is -2.42. The maximum atomic E-state index is 13.4. The maximum Gasteiger partial charge on any atom is 0.391 e. The predicted octanol–water partition coefficient (Wildman–Crippen LogP) is 4.14. The number of rotatable bonds is 1. The summed E-state index contributed by atoms with van der Waals surface area (Å²) >= 11 is 2.69. The number of likely N-dealkylation sites (tertiary alicyclic amines) is 1. The Morgan fingerprint density at radius 1 is 1.14 bits per heavy atom.